The smallest absolute Gasteiger partial charge is 0.456 e. The molecule has 1 heterocycles. The molecule has 1 aromatic heterocycles. The van der Waals surface area contributed by atoms with Crippen molar-refractivity contribution in [2.45, 2.75) is 0 Å². The van der Waals surface area contributed by atoms with Crippen molar-refractivity contribution in [3.05, 3.63) is 71.8 Å². The average Bonchev–Trinajstić information content (AvgIpc) is 3.07. The summed E-state index contributed by atoms with van der Waals surface area (Å²) in [5, 5.41) is 9.24. The number of ether oxygens (including phenoxy) is 2. The van der Waals surface area contributed by atoms with E-state index in [0.29, 0.717) is 33.4 Å². The van der Waals surface area contributed by atoms with Crippen LogP contribution in [0.5, 0.6) is 17.2 Å². The first-order valence-corrected chi connectivity index (χ1v) is 8.40. The standard InChI is InChI=1S/C20H13ClN2O4/c21-15-3-1-2-4-18(15)26-13-7-5-12(6-8-13)19-22-16-10-9-14(27-20(24)25)11-17(16)23-19/h1-11H,(H,22,23)(H,24,25). The number of aromatic nitrogens is 2. The highest BCUT2D eigenvalue weighted by atomic mass is 35.5. The third kappa shape index (κ3) is 3.70. The zero-order valence-electron chi connectivity index (χ0n) is 13.8. The Labute approximate surface area is 159 Å². The summed E-state index contributed by atoms with van der Waals surface area (Å²) in [5.74, 6) is 2.12. The SMILES string of the molecule is O=C(O)Oc1ccc2nc(-c3ccc(Oc4ccccc4Cl)cc3)[nH]c2c1. The van der Waals surface area contributed by atoms with Gasteiger partial charge in [-0.2, -0.15) is 0 Å². The highest BCUT2D eigenvalue weighted by molar-refractivity contribution is 6.32. The molecule has 0 aliphatic rings. The molecule has 0 radical (unpaired) electrons. The van der Waals surface area contributed by atoms with Gasteiger partial charge in [-0.15, -0.1) is 0 Å². The van der Waals surface area contributed by atoms with Crippen LogP contribution in [-0.4, -0.2) is 21.2 Å². The minimum atomic E-state index is -1.36. The predicted octanol–water partition coefficient (Wildman–Crippen LogP) is 5.73. The van der Waals surface area contributed by atoms with Gasteiger partial charge in [-0.3, -0.25) is 0 Å². The fourth-order valence-electron chi connectivity index (χ4n) is 2.63. The van der Waals surface area contributed by atoms with Crippen molar-refractivity contribution in [3.8, 4) is 28.6 Å². The lowest BCUT2D eigenvalue weighted by molar-refractivity contribution is 0.144. The summed E-state index contributed by atoms with van der Waals surface area (Å²) in [6, 6.07) is 19.5. The van der Waals surface area contributed by atoms with Gasteiger partial charge in [0.2, 0.25) is 0 Å². The number of halogens is 1. The van der Waals surface area contributed by atoms with Gasteiger partial charge in [0.05, 0.1) is 16.1 Å². The normalized spacial score (nSPS) is 10.7. The molecular weight excluding hydrogens is 368 g/mol. The lowest BCUT2D eigenvalue weighted by Gasteiger charge is -2.07. The number of carboxylic acid groups (broad SMARTS) is 1. The number of carbonyl (C=O) groups is 1. The van der Waals surface area contributed by atoms with E-state index in [2.05, 4.69) is 14.7 Å². The summed E-state index contributed by atoms with van der Waals surface area (Å²) in [7, 11) is 0. The van der Waals surface area contributed by atoms with Crippen LogP contribution in [0.1, 0.15) is 0 Å². The third-order valence-corrected chi connectivity index (χ3v) is 4.16. The van der Waals surface area contributed by atoms with E-state index in [1.807, 2.05) is 36.4 Å². The van der Waals surface area contributed by atoms with Gasteiger partial charge in [-0.05, 0) is 48.5 Å². The molecule has 0 bridgehead atoms. The molecule has 4 aromatic rings. The van der Waals surface area contributed by atoms with Crippen molar-refractivity contribution in [3.63, 3.8) is 0 Å². The van der Waals surface area contributed by atoms with Gasteiger partial charge < -0.3 is 19.6 Å². The Morgan fingerprint density at radius 2 is 1.74 bits per heavy atom. The van der Waals surface area contributed by atoms with Crippen LogP contribution in [0.25, 0.3) is 22.4 Å². The molecule has 4 rings (SSSR count). The second-order valence-corrected chi connectivity index (χ2v) is 6.10. The number of benzene rings is 3. The molecule has 0 fully saturated rings. The van der Waals surface area contributed by atoms with E-state index in [4.69, 9.17) is 21.4 Å². The second kappa shape index (κ2) is 7.01. The molecule has 27 heavy (non-hydrogen) atoms. The van der Waals surface area contributed by atoms with Crippen LogP contribution < -0.4 is 9.47 Å². The highest BCUT2D eigenvalue weighted by Crippen LogP contribution is 2.30. The lowest BCUT2D eigenvalue weighted by atomic mass is 10.2. The van der Waals surface area contributed by atoms with Gasteiger partial charge in [0, 0.05) is 11.6 Å². The van der Waals surface area contributed by atoms with E-state index < -0.39 is 6.16 Å². The molecule has 0 aliphatic carbocycles. The number of fused-ring (bicyclic) bond motifs is 1. The number of imidazole rings is 1. The zero-order valence-corrected chi connectivity index (χ0v) is 14.6. The summed E-state index contributed by atoms with van der Waals surface area (Å²) in [5.41, 5.74) is 2.25. The molecule has 3 aromatic carbocycles. The van der Waals surface area contributed by atoms with Gasteiger partial charge in [-0.25, -0.2) is 9.78 Å². The van der Waals surface area contributed by atoms with Crippen LogP contribution in [0.4, 0.5) is 4.79 Å². The van der Waals surface area contributed by atoms with Crippen LogP contribution in [0.3, 0.4) is 0 Å². The first kappa shape index (κ1) is 16.9. The number of para-hydroxylation sites is 1. The van der Waals surface area contributed by atoms with Crippen LogP contribution in [0.15, 0.2) is 66.7 Å². The van der Waals surface area contributed by atoms with Gasteiger partial charge in [0.15, 0.2) is 0 Å². The molecule has 7 heteroatoms. The highest BCUT2D eigenvalue weighted by Gasteiger charge is 2.09. The molecule has 0 saturated carbocycles. The Balaban J connectivity index is 1.58. The predicted molar refractivity (Wildman–Crippen MR) is 102 cm³/mol. The Hall–Kier alpha value is -3.51. The summed E-state index contributed by atoms with van der Waals surface area (Å²) in [6.07, 6.45) is -1.36. The largest absolute Gasteiger partial charge is 0.511 e. The molecule has 0 atom stereocenters. The number of hydrogen-bond acceptors (Lipinski definition) is 4. The maximum Gasteiger partial charge on any atom is 0.511 e. The van der Waals surface area contributed by atoms with Crippen molar-refractivity contribution < 1.29 is 19.4 Å². The van der Waals surface area contributed by atoms with E-state index >= 15 is 0 Å². The van der Waals surface area contributed by atoms with Gasteiger partial charge in [0.25, 0.3) is 0 Å². The summed E-state index contributed by atoms with van der Waals surface area (Å²) >= 11 is 6.10. The molecule has 2 N–H and O–H groups in total. The maximum atomic E-state index is 10.6. The van der Waals surface area contributed by atoms with E-state index in [1.165, 1.54) is 0 Å². The monoisotopic (exact) mass is 380 g/mol. The summed E-state index contributed by atoms with van der Waals surface area (Å²) in [4.78, 5) is 18.3. The van der Waals surface area contributed by atoms with Crippen LogP contribution >= 0.6 is 11.6 Å². The van der Waals surface area contributed by atoms with E-state index in [-0.39, 0.29) is 5.75 Å². The number of H-pyrrole nitrogens is 1. The van der Waals surface area contributed by atoms with E-state index in [0.717, 1.165) is 5.56 Å². The Morgan fingerprint density at radius 1 is 1.00 bits per heavy atom. The Kier molecular flexibility index (Phi) is 4.40. The van der Waals surface area contributed by atoms with Gasteiger partial charge >= 0.3 is 6.16 Å². The quantitative estimate of drug-likeness (QED) is 0.348. The maximum absolute atomic E-state index is 10.6. The Morgan fingerprint density at radius 3 is 2.48 bits per heavy atom. The molecule has 0 spiro atoms. The van der Waals surface area contributed by atoms with Crippen molar-refractivity contribution in [2.75, 3.05) is 0 Å². The van der Waals surface area contributed by atoms with Crippen molar-refractivity contribution in [2.24, 2.45) is 0 Å². The number of hydrogen-bond donors (Lipinski definition) is 2. The van der Waals surface area contributed by atoms with Crippen molar-refractivity contribution in [1.29, 1.82) is 0 Å². The molecule has 134 valence electrons. The fourth-order valence-corrected chi connectivity index (χ4v) is 2.80. The van der Waals surface area contributed by atoms with Crippen LogP contribution in [0.2, 0.25) is 5.02 Å². The first-order chi connectivity index (χ1) is 13.1. The molecule has 0 aliphatic heterocycles. The van der Waals surface area contributed by atoms with Gasteiger partial charge in [-0.1, -0.05) is 23.7 Å². The molecule has 0 saturated heterocycles. The molecule has 6 nitrogen and oxygen atoms in total. The molecule has 0 amide bonds. The lowest BCUT2D eigenvalue weighted by Crippen LogP contribution is -2.02. The fraction of sp³-hybridized carbons (Fsp3) is 0. The second-order valence-electron chi connectivity index (χ2n) is 5.69. The van der Waals surface area contributed by atoms with E-state index in [9.17, 15) is 4.79 Å². The first-order valence-electron chi connectivity index (χ1n) is 8.02. The van der Waals surface area contributed by atoms with Crippen LogP contribution in [0, 0.1) is 0 Å². The molecule has 0 unspecified atom stereocenters. The third-order valence-electron chi connectivity index (χ3n) is 3.85. The number of rotatable bonds is 4. The van der Waals surface area contributed by atoms with Crippen molar-refractivity contribution in [1.82, 2.24) is 9.97 Å². The topological polar surface area (TPSA) is 84.4 Å². The number of nitrogens with one attached hydrogen (secondary N) is 1. The summed E-state index contributed by atoms with van der Waals surface area (Å²) < 4.78 is 10.4. The van der Waals surface area contributed by atoms with Gasteiger partial charge in [0.1, 0.15) is 23.1 Å². The number of aromatic amines is 1. The zero-order chi connectivity index (χ0) is 18.8. The molecular formula is C20H13ClN2O4. The number of nitrogens with zero attached hydrogens (tertiary/aromatic N) is 1. The minimum absolute atomic E-state index is 0.230. The Bertz CT molecular complexity index is 1120. The van der Waals surface area contributed by atoms with Crippen molar-refractivity contribution >= 4 is 28.8 Å². The minimum Gasteiger partial charge on any atom is -0.456 e. The summed E-state index contributed by atoms with van der Waals surface area (Å²) in [6.45, 7) is 0. The van der Waals surface area contributed by atoms with E-state index in [1.54, 1.807) is 30.3 Å². The average molecular weight is 381 g/mol. The van der Waals surface area contributed by atoms with Crippen LogP contribution in [-0.2, 0) is 0 Å².